The third kappa shape index (κ3) is 7.34. The van der Waals surface area contributed by atoms with Crippen molar-refractivity contribution >= 4 is 11.1 Å². The van der Waals surface area contributed by atoms with Gasteiger partial charge in [-0.3, -0.25) is 4.98 Å². The summed E-state index contributed by atoms with van der Waals surface area (Å²) < 4.78 is 6.37. The number of phenols is 1. The van der Waals surface area contributed by atoms with Crippen LogP contribution in [-0.2, 0) is 31.9 Å². The maximum absolute atomic E-state index is 11.5. The Labute approximate surface area is 315 Å². The molecule has 0 saturated heterocycles. The van der Waals surface area contributed by atoms with Crippen molar-refractivity contribution in [1.29, 1.82) is 0 Å². The number of nitrogens with zero attached hydrogens (tertiary/aromatic N) is 2. The summed E-state index contributed by atoms with van der Waals surface area (Å²) in [5, 5.41) is 11.5. The fourth-order valence-electron chi connectivity index (χ4n) is 6.51. The smallest absolute Gasteiger partial charge is 0.230 e. The maximum Gasteiger partial charge on any atom is 0.230 e. The number of rotatable bonds is 6. The summed E-state index contributed by atoms with van der Waals surface area (Å²) >= 11 is 0. The maximum atomic E-state index is 11.5. The standard InChI is InChI=1S/C46H43N2O2.Pt/c1-29(30-19-21-32(22-20-30)31-13-9-8-10-14-31)33-23-24-47-40(26-33)35-16-11-15-34(25-35)37-17-12-18-41-42(37)48-44(50-41)38-27-36(45(2,3)4)28-39(43(38)49)46(5,6)7;/h8-24,26-29,49H,1-7H3;/q-1;. The Balaban J connectivity index is 0.00000448. The van der Waals surface area contributed by atoms with Crippen molar-refractivity contribution < 1.29 is 30.6 Å². The number of hydrogen-bond acceptors (Lipinski definition) is 4. The van der Waals surface area contributed by atoms with Crippen molar-refractivity contribution in [3.63, 3.8) is 0 Å². The fraction of sp³-hybridized carbons (Fsp3) is 0.217. The van der Waals surface area contributed by atoms with Crippen molar-refractivity contribution in [1.82, 2.24) is 9.97 Å². The van der Waals surface area contributed by atoms with E-state index < -0.39 is 0 Å². The Morgan fingerprint density at radius 1 is 0.667 bits per heavy atom. The zero-order valence-electron chi connectivity index (χ0n) is 30.2. The van der Waals surface area contributed by atoms with Gasteiger partial charge in [-0.1, -0.05) is 138 Å². The van der Waals surface area contributed by atoms with E-state index in [1.165, 1.54) is 22.3 Å². The third-order valence-corrected chi connectivity index (χ3v) is 9.60. The second kappa shape index (κ2) is 14.1. The van der Waals surface area contributed by atoms with E-state index in [-0.39, 0.29) is 43.6 Å². The van der Waals surface area contributed by atoms with Crippen LogP contribution in [0.15, 0.2) is 126 Å². The normalized spacial score (nSPS) is 12.5. The first kappa shape index (κ1) is 36.0. The summed E-state index contributed by atoms with van der Waals surface area (Å²) in [6, 6.07) is 43.4. The predicted molar refractivity (Wildman–Crippen MR) is 205 cm³/mol. The SMILES string of the molecule is CC(c1ccc(-c2ccccc2)cc1)c1ccnc(-c2[c-]c(-c3cccc4oc(-c5cc(C(C)(C)C)cc(C(C)(C)C)c5O)nc34)ccc2)c1.[Pt]. The molecule has 0 fully saturated rings. The van der Waals surface area contributed by atoms with E-state index >= 15 is 0 Å². The molecule has 0 amide bonds. The minimum atomic E-state index is -0.261. The summed E-state index contributed by atoms with van der Waals surface area (Å²) in [4.78, 5) is 9.76. The summed E-state index contributed by atoms with van der Waals surface area (Å²) in [6.45, 7) is 15.1. The Morgan fingerprint density at radius 3 is 2.06 bits per heavy atom. The number of hydrogen-bond donors (Lipinski definition) is 1. The Hall–Kier alpha value is -4.79. The van der Waals surface area contributed by atoms with Crippen LogP contribution in [0.1, 0.15) is 76.6 Å². The largest absolute Gasteiger partial charge is 0.507 e. The van der Waals surface area contributed by atoms with Gasteiger partial charge >= 0.3 is 0 Å². The van der Waals surface area contributed by atoms with Crippen LogP contribution in [-0.4, -0.2) is 15.1 Å². The Bertz CT molecular complexity index is 2310. The number of para-hydroxylation sites is 1. The van der Waals surface area contributed by atoms with Crippen LogP contribution in [0.25, 0.3) is 56.1 Å². The molecule has 1 unspecified atom stereocenters. The van der Waals surface area contributed by atoms with E-state index in [0.29, 0.717) is 17.0 Å². The molecule has 5 heteroatoms. The van der Waals surface area contributed by atoms with Crippen molar-refractivity contribution in [2.24, 2.45) is 0 Å². The first-order valence-corrected chi connectivity index (χ1v) is 17.3. The summed E-state index contributed by atoms with van der Waals surface area (Å²) in [5.74, 6) is 0.802. The van der Waals surface area contributed by atoms with Crippen molar-refractivity contribution in [3.8, 4) is 50.7 Å². The average molecular weight is 851 g/mol. The molecule has 7 aromatic rings. The molecular formula is C46H43N2O2Pt-. The quantitative estimate of drug-likeness (QED) is 0.169. The Kier molecular flexibility index (Phi) is 9.94. The first-order valence-electron chi connectivity index (χ1n) is 17.3. The van der Waals surface area contributed by atoms with Gasteiger partial charge in [-0.2, -0.15) is 0 Å². The minimum Gasteiger partial charge on any atom is -0.507 e. The topological polar surface area (TPSA) is 59.2 Å². The van der Waals surface area contributed by atoms with E-state index in [1.807, 2.05) is 54.7 Å². The molecule has 7 rings (SSSR count). The van der Waals surface area contributed by atoms with E-state index in [0.717, 1.165) is 39.0 Å². The molecule has 0 aliphatic rings. The summed E-state index contributed by atoms with van der Waals surface area (Å²) in [5.41, 5.74) is 12.0. The van der Waals surface area contributed by atoms with Crippen LogP contribution in [0, 0.1) is 6.07 Å². The van der Waals surface area contributed by atoms with Gasteiger partial charge in [-0.05, 0) is 56.8 Å². The summed E-state index contributed by atoms with van der Waals surface area (Å²) in [7, 11) is 0. The molecule has 0 bridgehead atoms. The third-order valence-electron chi connectivity index (χ3n) is 9.60. The van der Waals surface area contributed by atoms with E-state index in [4.69, 9.17) is 14.4 Å². The molecule has 1 atom stereocenters. The summed E-state index contributed by atoms with van der Waals surface area (Å²) in [6.07, 6.45) is 1.88. The second-order valence-corrected chi connectivity index (χ2v) is 15.3. The van der Waals surface area contributed by atoms with Gasteiger partial charge in [0.2, 0.25) is 5.89 Å². The number of benzene rings is 5. The number of phenolic OH excluding ortho intramolecular Hbond substituents is 1. The molecule has 2 heterocycles. The molecule has 0 saturated carbocycles. The molecule has 0 radical (unpaired) electrons. The first-order chi connectivity index (χ1) is 23.9. The van der Waals surface area contributed by atoms with Gasteiger partial charge in [0.25, 0.3) is 0 Å². The number of aromatic nitrogens is 2. The number of oxazole rings is 1. The van der Waals surface area contributed by atoms with Crippen molar-refractivity contribution in [2.75, 3.05) is 0 Å². The van der Waals surface area contributed by atoms with Gasteiger partial charge in [-0.25, -0.2) is 4.98 Å². The number of fused-ring (bicyclic) bond motifs is 1. The van der Waals surface area contributed by atoms with Crippen LogP contribution in [0.3, 0.4) is 0 Å². The molecule has 4 nitrogen and oxygen atoms in total. The second-order valence-electron chi connectivity index (χ2n) is 15.3. The fourth-order valence-corrected chi connectivity index (χ4v) is 6.51. The van der Waals surface area contributed by atoms with Gasteiger partial charge in [0.15, 0.2) is 0 Å². The van der Waals surface area contributed by atoms with Crippen LogP contribution >= 0.6 is 0 Å². The van der Waals surface area contributed by atoms with Crippen LogP contribution in [0.5, 0.6) is 5.75 Å². The molecule has 260 valence electrons. The van der Waals surface area contributed by atoms with Gasteiger partial charge in [-0.15, -0.1) is 29.8 Å². The molecule has 0 aliphatic heterocycles. The molecule has 2 aromatic heterocycles. The van der Waals surface area contributed by atoms with Crippen LogP contribution in [0.4, 0.5) is 0 Å². The molecular weight excluding hydrogens is 808 g/mol. The molecule has 1 N–H and O–H groups in total. The van der Waals surface area contributed by atoms with Crippen molar-refractivity contribution in [3.05, 3.63) is 150 Å². The molecule has 5 aromatic carbocycles. The number of aromatic hydroxyl groups is 1. The zero-order valence-corrected chi connectivity index (χ0v) is 32.5. The van der Waals surface area contributed by atoms with Gasteiger partial charge in [0, 0.05) is 44.4 Å². The zero-order chi connectivity index (χ0) is 35.2. The van der Waals surface area contributed by atoms with E-state index in [9.17, 15) is 5.11 Å². The van der Waals surface area contributed by atoms with Crippen molar-refractivity contribution in [2.45, 2.75) is 65.2 Å². The van der Waals surface area contributed by atoms with E-state index in [2.05, 4.69) is 121 Å². The molecule has 51 heavy (non-hydrogen) atoms. The molecule has 0 spiro atoms. The number of pyridine rings is 1. The Morgan fingerprint density at radius 2 is 1.35 bits per heavy atom. The van der Waals surface area contributed by atoms with Crippen LogP contribution < -0.4 is 0 Å². The van der Waals surface area contributed by atoms with Gasteiger partial charge in [0.1, 0.15) is 11.3 Å². The van der Waals surface area contributed by atoms with Crippen LogP contribution in [0.2, 0.25) is 0 Å². The average Bonchev–Trinajstić information content (AvgIpc) is 3.55. The molecule has 0 aliphatic carbocycles. The van der Waals surface area contributed by atoms with Gasteiger partial charge in [0.05, 0.1) is 11.1 Å². The van der Waals surface area contributed by atoms with E-state index in [1.54, 1.807) is 0 Å². The minimum absolute atomic E-state index is 0. The monoisotopic (exact) mass is 850 g/mol. The van der Waals surface area contributed by atoms with Gasteiger partial charge < -0.3 is 9.52 Å². The predicted octanol–water partition coefficient (Wildman–Crippen LogP) is 12.1.